The van der Waals surface area contributed by atoms with E-state index in [-0.39, 0.29) is 17.9 Å². The average molecular weight is 371 g/mol. The van der Waals surface area contributed by atoms with E-state index >= 15 is 0 Å². The lowest BCUT2D eigenvalue weighted by atomic mass is 10.1. The van der Waals surface area contributed by atoms with Crippen molar-refractivity contribution in [3.8, 4) is 5.75 Å². The molecule has 0 radical (unpaired) electrons. The van der Waals surface area contributed by atoms with E-state index in [0.717, 1.165) is 16.9 Å². The van der Waals surface area contributed by atoms with Crippen molar-refractivity contribution >= 4 is 29.1 Å². The van der Waals surface area contributed by atoms with E-state index in [1.807, 2.05) is 24.3 Å². The largest absolute Gasteiger partial charge is 0.491 e. The molecule has 0 spiro atoms. The number of hydrogen-bond acceptors (Lipinski definition) is 3. The van der Waals surface area contributed by atoms with Crippen LogP contribution >= 0.6 is 11.6 Å². The van der Waals surface area contributed by atoms with E-state index in [1.54, 1.807) is 18.2 Å². The molecule has 0 saturated carbocycles. The molecule has 2 aromatic rings. The van der Waals surface area contributed by atoms with E-state index in [0.29, 0.717) is 30.2 Å². The van der Waals surface area contributed by atoms with Crippen molar-refractivity contribution in [2.45, 2.75) is 18.9 Å². The SMILES string of the molecule is C=CC(=O)Nc1ccc(CCC(=O)NC2COc3ccc(Cl)cc32)cc1. The van der Waals surface area contributed by atoms with Crippen molar-refractivity contribution in [1.29, 1.82) is 0 Å². The topological polar surface area (TPSA) is 67.4 Å². The highest BCUT2D eigenvalue weighted by Gasteiger charge is 2.25. The van der Waals surface area contributed by atoms with E-state index in [1.165, 1.54) is 6.08 Å². The highest BCUT2D eigenvalue weighted by molar-refractivity contribution is 6.30. The molecule has 0 fully saturated rings. The number of halogens is 1. The summed E-state index contributed by atoms with van der Waals surface area (Å²) in [6.45, 7) is 3.83. The van der Waals surface area contributed by atoms with Crippen LogP contribution in [0.4, 0.5) is 5.69 Å². The summed E-state index contributed by atoms with van der Waals surface area (Å²) < 4.78 is 5.57. The maximum atomic E-state index is 12.3. The van der Waals surface area contributed by atoms with Crippen molar-refractivity contribution in [3.05, 3.63) is 71.3 Å². The molecule has 1 unspecified atom stereocenters. The van der Waals surface area contributed by atoms with E-state index < -0.39 is 0 Å². The van der Waals surface area contributed by atoms with Gasteiger partial charge in [0.15, 0.2) is 0 Å². The fourth-order valence-corrected chi connectivity index (χ4v) is 2.96. The van der Waals surface area contributed by atoms with Crippen molar-refractivity contribution in [3.63, 3.8) is 0 Å². The van der Waals surface area contributed by atoms with Gasteiger partial charge in [0.25, 0.3) is 0 Å². The Labute approximate surface area is 157 Å². The molecule has 1 aliphatic rings. The first-order valence-electron chi connectivity index (χ1n) is 8.29. The molecule has 2 aromatic carbocycles. The second-order valence-electron chi connectivity index (χ2n) is 6.00. The van der Waals surface area contributed by atoms with Crippen LogP contribution in [0.5, 0.6) is 5.75 Å². The molecule has 6 heteroatoms. The van der Waals surface area contributed by atoms with Crippen molar-refractivity contribution in [1.82, 2.24) is 5.32 Å². The lowest BCUT2D eigenvalue weighted by Crippen LogP contribution is -2.29. The zero-order valence-corrected chi connectivity index (χ0v) is 14.9. The Morgan fingerprint density at radius 2 is 2.00 bits per heavy atom. The van der Waals surface area contributed by atoms with Crippen LogP contribution in [-0.2, 0) is 16.0 Å². The summed E-state index contributed by atoms with van der Waals surface area (Å²) in [4.78, 5) is 23.5. The van der Waals surface area contributed by atoms with Gasteiger partial charge in [0.2, 0.25) is 11.8 Å². The number of carbonyl (C=O) groups is 2. The van der Waals surface area contributed by atoms with Gasteiger partial charge in [0, 0.05) is 22.7 Å². The number of aryl methyl sites for hydroxylation is 1. The number of carbonyl (C=O) groups excluding carboxylic acids is 2. The molecule has 1 aliphatic heterocycles. The molecular formula is C20H19ClN2O3. The van der Waals surface area contributed by atoms with Crippen LogP contribution in [0.1, 0.15) is 23.6 Å². The minimum absolute atomic E-state index is 0.0459. The highest BCUT2D eigenvalue weighted by atomic mass is 35.5. The van der Waals surface area contributed by atoms with Crippen molar-refractivity contribution < 1.29 is 14.3 Å². The minimum atomic E-state index is -0.253. The number of nitrogens with one attached hydrogen (secondary N) is 2. The maximum Gasteiger partial charge on any atom is 0.247 e. The molecule has 1 atom stereocenters. The van der Waals surface area contributed by atoms with E-state index in [2.05, 4.69) is 17.2 Å². The van der Waals surface area contributed by atoms with Crippen LogP contribution in [0.2, 0.25) is 5.02 Å². The first kappa shape index (κ1) is 18.0. The Hall–Kier alpha value is -2.79. The number of anilines is 1. The number of fused-ring (bicyclic) bond motifs is 1. The summed E-state index contributed by atoms with van der Waals surface area (Å²) in [6, 6.07) is 12.6. The quantitative estimate of drug-likeness (QED) is 0.763. The van der Waals surface area contributed by atoms with Crippen LogP contribution < -0.4 is 15.4 Å². The Bertz CT molecular complexity index is 833. The number of rotatable bonds is 6. The third-order valence-corrected chi connectivity index (χ3v) is 4.37. The Morgan fingerprint density at radius 3 is 2.73 bits per heavy atom. The van der Waals surface area contributed by atoms with Gasteiger partial charge in [-0.05, 0) is 48.4 Å². The molecular weight excluding hydrogens is 352 g/mol. The van der Waals surface area contributed by atoms with Crippen molar-refractivity contribution in [2.75, 3.05) is 11.9 Å². The summed E-state index contributed by atoms with van der Waals surface area (Å²) in [6.07, 6.45) is 2.19. The summed E-state index contributed by atoms with van der Waals surface area (Å²) >= 11 is 6.02. The summed E-state index contributed by atoms with van der Waals surface area (Å²) in [5.41, 5.74) is 2.62. The molecule has 134 valence electrons. The molecule has 2 N–H and O–H groups in total. The minimum Gasteiger partial charge on any atom is -0.491 e. The van der Waals surface area contributed by atoms with Crippen LogP contribution in [0, 0.1) is 0 Å². The predicted octanol–water partition coefficient (Wildman–Crippen LogP) is 3.65. The second kappa shape index (κ2) is 8.06. The van der Waals surface area contributed by atoms with Gasteiger partial charge in [-0.1, -0.05) is 30.3 Å². The molecule has 5 nitrogen and oxygen atoms in total. The van der Waals surface area contributed by atoms with Gasteiger partial charge >= 0.3 is 0 Å². The van der Waals surface area contributed by atoms with Gasteiger partial charge in [-0.3, -0.25) is 9.59 Å². The molecule has 3 rings (SSSR count). The zero-order valence-electron chi connectivity index (χ0n) is 14.1. The van der Waals surface area contributed by atoms with Crippen LogP contribution in [0.3, 0.4) is 0 Å². The first-order chi connectivity index (χ1) is 12.5. The zero-order chi connectivity index (χ0) is 18.5. The van der Waals surface area contributed by atoms with E-state index in [4.69, 9.17) is 16.3 Å². The third-order valence-electron chi connectivity index (χ3n) is 4.14. The van der Waals surface area contributed by atoms with Gasteiger partial charge < -0.3 is 15.4 Å². The molecule has 0 bridgehead atoms. The predicted molar refractivity (Wildman–Crippen MR) is 101 cm³/mol. The summed E-state index contributed by atoms with van der Waals surface area (Å²) in [5.74, 6) is 0.462. The number of amides is 2. The normalized spacial score (nSPS) is 14.9. The van der Waals surface area contributed by atoms with Gasteiger partial charge in [-0.25, -0.2) is 0 Å². The lowest BCUT2D eigenvalue weighted by Gasteiger charge is -2.12. The summed E-state index contributed by atoms with van der Waals surface area (Å²) in [7, 11) is 0. The van der Waals surface area contributed by atoms with Gasteiger partial charge in [0.1, 0.15) is 12.4 Å². The highest BCUT2D eigenvalue weighted by Crippen LogP contribution is 2.34. The monoisotopic (exact) mass is 370 g/mol. The standard InChI is InChI=1S/C20H19ClN2O3/c1-2-19(24)22-15-7-3-13(4-8-15)5-10-20(25)23-17-12-26-18-9-6-14(21)11-16(17)18/h2-4,6-9,11,17H,1,5,10,12H2,(H,22,24)(H,23,25). The van der Waals surface area contributed by atoms with Crippen molar-refractivity contribution in [2.24, 2.45) is 0 Å². The molecule has 1 heterocycles. The van der Waals surface area contributed by atoms with Gasteiger partial charge in [-0.2, -0.15) is 0 Å². The molecule has 0 aromatic heterocycles. The Morgan fingerprint density at radius 1 is 1.23 bits per heavy atom. The average Bonchev–Trinajstić information content (AvgIpc) is 3.03. The first-order valence-corrected chi connectivity index (χ1v) is 8.67. The maximum absolute atomic E-state index is 12.3. The molecule has 2 amide bonds. The van der Waals surface area contributed by atoms with Crippen LogP contribution in [0.15, 0.2) is 55.1 Å². The van der Waals surface area contributed by atoms with Crippen LogP contribution in [-0.4, -0.2) is 18.4 Å². The Balaban J connectivity index is 1.51. The second-order valence-corrected chi connectivity index (χ2v) is 6.44. The molecule has 0 aliphatic carbocycles. The molecule has 26 heavy (non-hydrogen) atoms. The summed E-state index contributed by atoms with van der Waals surface area (Å²) in [5, 5.41) is 6.29. The van der Waals surface area contributed by atoms with Gasteiger partial charge in [0.05, 0.1) is 6.04 Å². The number of hydrogen-bond donors (Lipinski definition) is 2. The third kappa shape index (κ3) is 4.43. The number of ether oxygens (including phenoxy) is 1. The smallest absolute Gasteiger partial charge is 0.247 e. The van der Waals surface area contributed by atoms with E-state index in [9.17, 15) is 9.59 Å². The van der Waals surface area contributed by atoms with Gasteiger partial charge in [-0.15, -0.1) is 0 Å². The fourth-order valence-electron chi connectivity index (χ4n) is 2.78. The lowest BCUT2D eigenvalue weighted by molar-refractivity contribution is -0.121. The number of benzene rings is 2. The fraction of sp³-hybridized carbons (Fsp3) is 0.200. The molecule has 0 saturated heterocycles. The Kier molecular flexibility index (Phi) is 5.58. The van der Waals surface area contributed by atoms with Crippen LogP contribution in [0.25, 0.3) is 0 Å².